The van der Waals surface area contributed by atoms with Crippen LogP contribution in [0.3, 0.4) is 0 Å². The summed E-state index contributed by atoms with van der Waals surface area (Å²) in [5.74, 6) is -0.350. The highest BCUT2D eigenvalue weighted by Crippen LogP contribution is 2.34. The summed E-state index contributed by atoms with van der Waals surface area (Å²) in [6.07, 6.45) is 9.99. The fourth-order valence-electron chi connectivity index (χ4n) is 3.89. The molecular formula is C22H32O4. The molecule has 0 saturated heterocycles. The molecule has 2 rings (SSSR count). The second-order valence-electron chi connectivity index (χ2n) is 7.91. The van der Waals surface area contributed by atoms with Gasteiger partial charge < -0.3 is 9.47 Å². The van der Waals surface area contributed by atoms with Crippen molar-refractivity contribution < 1.29 is 19.1 Å². The highest BCUT2D eigenvalue weighted by atomic mass is 16.6. The standard InChI is InChI=1S/C22H32O4/c1-14(2)21-19(25-17(5)23)12-16(4)10-6-8-15(3)9-7-11-18-13-20(21)26-22(18)24/h9-10,13-14,19-21H,6-8,11-12H2,1-5H3. The highest BCUT2D eigenvalue weighted by molar-refractivity contribution is 5.90. The number of ether oxygens (including phenoxy) is 2. The third kappa shape index (κ3) is 5.58. The molecule has 3 atom stereocenters. The lowest BCUT2D eigenvalue weighted by Gasteiger charge is -2.33. The van der Waals surface area contributed by atoms with Gasteiger partial charge in [-0.05, 0) is 51.5 Å². The maximum absolute atomic E-state index is 12.3. The number of fused-ring (bicyclic) bond motifs is 1. The third-order valence-corrected chi connectivity index (χ3v) is 5.23. The van der Waals surface area contributed by atoms with Crippen molar-refractivity contribution in [2.24, 2.45) is 11.8 Å². The molecule has 0 aromatic carbocycles. The molecule has 26 heavy (non-hydrogen) atoms. The first-order chi connectivity index (χ1) is 12.3. The van der Waals surface area contributed by atoms with Gasteiger partial charge in [-0.15, -0.1) is 0 Å². The van der Waals surface area contributed by atoms with Crippen LogP contribution in [0.5, 0.6) is 0 Å². The van der Waals surface area contributed by atoms with Crippen molar-refractivity contribution in [2.75, 3.05) is 0 Å². The summed E-state index contributed by atoms with van der Waals surface area (Å²) in [4.78, 5) is 24.0. The Kier molecular flexibility index (Phi) is 7.24. The number of hydrogen-bond donors (Lipinski definition) is 0. The van der Waals surface area contributed by atoms with Crippen molar-refractivity contribution in [3.63, 3.8) is 0 Å². The van der Waals surface area contributed by atoms with Crippen LogP contribution in [0.2, 0.25) is 0 Å². The first-order valence-electron chi connectivity index (χ1n) is 9.68. The maximum atomic E-state index is 12.3. The SMILES string of the molecule is CC(=O)OC1CC(C)=CCCC(C)=CCCC2=CC(OC2=O)C1C(C)C. The van der Waals surface area contributed by atoms with E-state index < -0.39 is 0 Å². The van der Waals surface area contributed by atoms with E-state index in [2.05, 4.69) is 39.8 Å². The zero-order chi connectivity index (χ0) is 19.3. The lowest BCUT2D eigenvalue weighted by atomic mass is 9.82. The molecule has 0 aromatic heterocycles. The molecule has 2 aliphatic rings. The molecule has 1 aliphatic heterocycles. The number of hydrogen-bond acceptors (Lipinski definition) is 4. The van der Waals surface area contributed by atoms with Crippen LogP contribution in [0.15, 0.2) is 34.9 Å². The molecule has 2 bridgehead atoms. The van der Waals surface area contributed by atoms with Gasteiger partial charge in [0.05, 0.1) is 0 Å². The van der Waals surface area contributed by atoms with E-state index in [1.54, 1.807) is 0 Å². The molecule has 1 aliphatic carbocycles. The second-order valence-corrected chi connectivity index (χ2v) is 7.91. The maximum Gasteiger partial charge on any atom is 0.334 e. The van der Waals surface area contributed by atoms with Crippen LogP contribution in [-0.2, 0) is 19.1 Å². The van der Waals surface area contributed by atoms with Gasteiger partial charge in [0.25, 0.3) is 0 Å². The first-order valence-corrected chi connectivity index (χ1v) is 9.68. The molecule has 0 saturated carbocycles. The largest absolute Gasteiger partial charge is 0.462 e. The quantitative estimate of drug-likeness (QED) is 0.519. The minimum absolute atomic E-state index is 0.0519. The molecule has 0 fully saturated rings. The fraction of sp³-hybridized carbons (Fsp3) is 0.636. The van der Waals surface area contributed by atoms with E-state index in [0.29, 0.717) is 12.8 Å². The van der Waals surface area contributed by atoms with Crippen LogP contribution in [0.1, 0.15) is 66.7 Å². The van der Waals surface area contributed by atoms with Crippen molar-refractivity contribution in [1.82, 2.24) is 0 Å². The molecule has 0 spiro atoms. The summed E-state index contributed by atoms with van der Waals surface area (Å²) >= 11 is 0. The Morgan fingerprint density at radius 2 is 1.81 bits per heavy atom. The molecular weight excluding hydrogens is 328 g/mol. The molecule has 0 amide bonds. The Morgan fingerprint density at radius 3 is 2.46 bits per heavy atom. The monoisotopic (exact) mass is 360 g/mol. The van der Waals surface area contributed by atoms with Crippen molar-refractivity contribution in [3.8, 4) is 0 Å². The summed E-state index contributed by atoms with van der Waals surface area (Å²) < 4.78 is 11.4. The molecule has 4 nitrogen and oxygen atoms in total. The predicted octanol–water partition coefficient (Wildman–Crippen LogP) is 4.90. The summed E-state index contributed by atoms with van der Waals surface area (Å²) in [6.45, 7) is 9.85. The normalized spacial score (nSPS) is 27.8. The molecule has 3 unspecified atom stereocenters. The van der Waals surface area contributed by atoms with Crippen LogP contribution in [-0.4, -0.2) is 24.1 Å². The van der Waals surface area contributed by atoms with Gasteiger partial charge in [-0.1, -0.05) is 37.1 Å². The average molecular weight is 360 g/mol. The first kappa shape index (κ1) is 20.5. The third-order valence-electron chi connectivity index (χ3n) is 5.23. The number of esters is 2. The molecule has 0 N–H and O–H groups in total. The number of carbonyl (C=O) groups excluding carboxylic acids is 2. The second kappa shape index (κ2) is 9.20. The molecule has 0 radical (unpaired) electrons. The van der Waals surface area contributed by atoms with Gasteiger partial charge in [0, 0.05) is 24.8 Å². The van der Waals surface area contributed by atoms with E-state index in [1.807, 2.05) is 6.08 Å². The summed E-state index contributed by atoms with van der Waals surface area (Å²) in [7, 11) is 0. The average Bonchev–Trinajstić information content (AvgIpc) is 2.86. The van der Waals surface area contributed by atoms with Gasteiger partial charge in [-0.3, -0.25) is 4.79 Å². The Labute approximate surface area is 157 Å². The van der Waals surface area contributed by atoms with E-state index in [4.69, 9.17) is 9.47 Å². The molecule has 0 aromatic rings. The molecule has 4 heteroatoms. The van der Waals surface area contributed by atoms with Gasteiger partial charge in [0.15, 0.2) is 0 Å². The van der Waals surface area contributed by atoms with Crippen LogP contribution >= 0.6 is 0 Å². The fourth-order valence-corrected chi connectivity index (χ4v) is 3.89. The Balaban J connectivity index is 2.37. The van der Waals surface area contributed by atoms with Crippen LogP contribution in [0.25, 0.3) is 0 Å². The number of allylic oxidation sites excluding steroid dienone is 3. The number of carbonyl (C=O) groups is 2. The van der Waals surface area contributed by atoms with E-state index in [1.165, 1.54) is 18.1 Å². The summed E-state index contributed by atoms with van der Waals surface area (Å²) in [5.41, 5.74) is 3.29. The smallest absolute Gasteiger partial charge is 0.334 e. The van der Waals surface area contributed by atoms with E-state index >= 15 is 0 Å². The Bertz CT molecular complexity index is 624. The summed E-state index contributed by atoms with van der Waals surface area (Å²) in [5, 5.41) is 0. The van der Waals surface area contributed by atoms with Gasteiger partial charge in [-0.2, -0.15) is 0 Å². The zero-order valence-electron chi connectivity index (χ0n) is 16.7. The van der Waals surface area contributed by atoms with Crippen molar-refractivity contribution in [3.05, 3.63) is 34.9 Å². The topological polar surface area (TPSA) is 52.6 Å². The lowest BCUT2D eigenvalue weighted by Crippen LogP contribution is -2.38. The minimum Gasteiger partial charge on any atom is -0.462 e. The van der Waals surface area contributed by atoms with Crippen molar-refractivity contribution >= 4 is 11.9 Å². The van der Waals surface area contributed by atoms with Gasteiger partial charge >= 0.3 is 11.9 Å². The molecule has 1 heterocycles. The number of rotatable bonds is 2. The van der Waals surface area contributed by atoms with Gasteiger partial charge in [0.2, 0.25) is 0 Å². The molecule has 144 valence electrons. The lowest BCUT2D eigenvalue weighted by molar-refractivity contribution is -0.155. The van der Waals surface area contributed by atoms with Crippen molar-refractivity contribution in [2.45, 2.75) is 78.9 Å². The highest BCUT2D eigenvalue weighted by Gasteiger charge is 2.39. The van der Waals surface area contributed by atoms with Gasteiger partial charge in [0.1, 0.15) is 12.2 Å². The van der Waals surface area contributed by atoms with Crippen LogP contribution in [0.4, 0.5) is 0 Å². The minimum atomic E-state index is -0.331. The van der Waals surface area contributed by atoms with E-state index in [9.17, 15) is 9.59 Å². The van der Waals surface area contributed by atoms with Crippen LogP contribution in [0, 0.1) is 11.8 Å². The predicted molar refractivity (Wildman–Crippen MR) is 102 cm³/mol. The summed E-state index contributed by atoms with van der Waals surface area (Å²) in [6, 6.07) is 0. The van der Waals surface area contributed by atoms with E-state index in [0.717, 1.165) is 24.8 Å². The Hall–Kier alpha value is -1.84. The Morgan fingerprint density at radius 1 is 1.15 bits per heavy atom. The van der Waals surface area contributed by atoms with Crippen molar-refractivity contribution in [1.29, 1.82) is 0 Å². The van der Waals surface area contributed by atoms with E-state index in [-0.39, 0.29) is 36.0 Å². The van der Waals surface area contributed by atoms with Crippen LogP contribution < -0.4 is 0 Å². The zero-order valence-corrected chi connectivity index (χ0v) is 16.7. The van der Waals surface area contributed by atoms with Gasteiger partial charge in [-0.25, -0.2) is 4.79 Å².